The van der Waals surface area contributed by atoms with Crippen LogP contribution in [0.5, 0.6) is 11.5 Å². The van der Waals surface area contributed by atoms with E-state index < -0.39 is 0 Å². The number of para-hydroxylation sites is 1. The van der Waals surface area contributed by atoms with Crippen molar-refractivity contribution in [3.8, 4) is 17.6 Å². The van der Waals surface area contributed by atoms with Gasteiger partial charge in [-0.05, 0) is 29.8 Å². The first-order valence-corrected chi connectivity index (χ1v) is 7.10. The number of thioether (sulfide) groups is 1. The smallest absolute Gasteiger partial charge is 0.136 e. The van der Waals surface area contributed by atoms with E-state index in [4.69, 9.17) is 14.7 Å². The molecular weight excluding hydrogens is 270 g/mol. The van der Waals surface area contributed by atoms with Crippen molar-refractivity contribution >= 4 is 11.8 Å². The molecule has 0 fully saturated rings. The van der Waals surface area contributed by atoms with Gasteiger partial charge >= 0.3 is 0 Å². The van der Waals surface area contributed by atoms with Gasteiger partial charge in [-0.3, -0.25) is 0 Å². The van der Waals surface area contributed by atoms with Crippen molar-refractivity contribution in [2.24, 2.45) is 0 Å². The van der Waals surface area contributed by atoms with Crippen molar-refractivity contribution in [2.75, 3.05) is 14.2 Å². The third kappa shape index (κ3) is 3.25. The van der Waals surface area contributed by atoms with Gasteiger partial charge in [-0.15, -0.1) is 11.8 Å². The summed E-state index contributed by atoms with van der Waals surface area (Å²) in [5.74, 6) is 2.25. The molecule has 0 saturated carbocycles. The van der Waals surface area contributed by atoms with Crippen LogP contribution in [0.3, 0.4) is 0 Å². The molecule has 0 spiro atoms. The van der Waals surface area contributed by atoms with Gasteiger partial charge in [0.1, 0.15) is 17.6 Å². The van der Waals surface area contributed by atoms with Crippen molar-refractivity contribution < 1.29 is 9.47 Å². The van der Waals surface area contributed by atoms with E-state index in [0.717, 1.165) is 22.0 Å². The maximum Gasteiger partial charge on any atom is 0.136 e. The summed E-state index contributed by atoms with van der Waals surface area (Å²) in [5, 5.41) is 9.08. The SMILES string of the molecule is COc1ccc(CSc2ccccc2OC)cc1C#N. The maximum atomic E-state index is 9.08. The maximum absolute atomic E-state index is 9.08. The molecule has 3 nitrogen and oxygen atoms in total. The van der Waals surface area contributed by atoms with E-state index in [1.54, 1.807) is 26.0 Å². The minimum atomic E-state index is 0.561. The van der Waals surface area contributed by atoms with E-state index in [0.29, 0.717) is 11.3 Å². The summed E-state index contributed by atoms with van der Waals surface area (Å²) >= 11 is 1.68. The zero-order valence-electron chi connectivity index (χ0n) is 11.4. The lowest BCUT2D eigenvalue weighted by Crippen LogP contribution is -1.90. The first-order valence-electron chi connectivity index (χ1n) is 6.11. The lowest BCUT2D eigenvalue weighted by molar-refractivity contribution is 0.405. The van der Waals surface area contributed by atoms with E-state index in [1.165, 1.54) is 0 Å². The van der Waals surface area contributed by atoms with E-state index in [2.05, 4.69) is 6.07 Å². The second kappa shape index (κ2) is 6.88. The fraction of sp³-hybridized carbons (Fsp3) is 0.188. The number of nitrogens with zero attached hydrogens (tertiary/aromatic N) is 1. The van der Waals surface area contributed by atoms with Crippen LogP contribution in [0.2, 0.25) is 0 Å². The molecule has 2 aromatic rings. The number of hydrogen-bond acceptors (Lipinski definition) is 4. The van der Waals surface area contributed by atoms with Gasteiger partial charge in [0.05, 0.1) is 19.8 Å². The zero-order valence-corrected chi connectivity index (χ0v) is 12.2. The zero-order chi connectivity index (χ0) is 14.4. The van der Waals surface area contributed by atoms with E-state index in [-0.39, 0.29) is 0 Å². The number of nitriles is 1. The second-order valence-corrected chi connectivity index (χ2v) is 5.10. The topological polar surface area (TPSA) is 42.2 Å². The summed E-state index contributed by atoms with van der Waals surface area (Å²) in [4.78, 5) is 1.09. The van der Waals surface area contributed by atoms with Gasteiger partial charge in [0.15, 0.2) is 0 Å². The Hall–Kier alpha value is -2.12. The Morgan fingerprint density at radius 2 is 1.80 bits per heavy atom. The van der Waals surface area contributed by atoms with Crippen molar-refractivity contribution in [1.82, 2.24) is 0 Å². The van der Waals surface area contributed by atoms with Crippen LogP contribution in [-0.2, 0) is 5.75 Å². The molecule has 4 heteroatoms. The average molecular weight is 285 g/mol. The number of methoxy groups -OCH3 is 2. The summed E-state index contributed by atoms with van der Waals surface area (Å²) in [5.41, 5.74) is 1.64. The van der Waals surface area contributed by atoms with Gasteiger partial charge < -0.3 is 9.47 Å². The summed E-state index contributed by atoms with van der Waals surface area (Å²) < 4.78 is 10.5. The van der Waals surface area contributed by atoms with Crippen molar-refractivity contribution in [3.05, 3.63) is 53.6 Å². The van der Waals surface area contributed by atoms with Gasteiger partial charge in [-0.25, -0.2) is 0 Å². The van der Waals surface area contributed by atoms with Crippen LogP contribution in [0.25, 0.3) is 0 Å². The number of rotatable bonds is 5. The Labute approximate surface area is 123 Å². The number of ether oxygens (including phenoxy) is 2. The van der Waals surface area contributed by atoms with E-state index in [1.807, 2.05) is 42.5 Å². The first kappa shape index (κ1) is 14.3. The highest BCUT2D eigenvalue weighted by molar-refractivity contribution is 7.98. The molecule has 0 amide bonds. The summed E-state index contributed by atoms with van der Waals surface area (Å²) in [7, 11) is 3.24. The molecule has 0 aliphatic heterocycles. The Morgan fingerprint density at radius 3 is 2.50 bits per heavy atom. The predicted octanol–water partition coefficient (Wildman–Crippen LogP) is 3.87. The van der Waals surface area contributed by atoms with Crippen LogP contribution in [0.4, 0.5) is 0 Å². The highest BCUT2D eigenvalue weighted by Gasteiger charge is 2.06. The van der Waals surface area contributed by atoms with E-state index in [9.17, 15) is 0 Å². The Kier molecular flexibility index (Phi) is 4.91. The molecule has 20 heavy (non-hydrogen) atoms. The molecule has 0 radical (unpaired) electrons. The molecule has 0 heterocycles. The van der Waals surface area contributed by atoms with Crippen LogP contribution in [0.1, 0.15) is 11.1 Å². The number of hydrogen-bond donors (Lipinski definition) is 0. The lowest BCUT2D eigenvalue weighted by atomic mass is 10.1. The van der Waals surface area contributed by atoms with Crippen molar-refractivity contribution in [1.29, 1.82) is 5.26 Å². The van der Waals surface area contributed by atoms with Gasteiger partial charge in [0, 0.05) is 10.6 Å². The highest BCUT2D eigenvalue weighted by atomic mass is 32.2. The summed E-state index contributed by atoms with van der Waals surface area (Å²) in [6, 6.07) is 15.7. The van der Waals surface area contributed by atoms with Gasteiger partial charge in [0.2, 0.25) is 0 Å². The van der Waals surface area contributed by atoms with Gasteiger partial charge in [-0.2, -0.15) is 5.26 Å². The molecule has 0 saturated heterocycles. The van der Waals surface area contributed by atoms with Crippen LogP contribution < -0.4 is 9.47 Å². The fourth-order valence-electron chi connectivity index (χ4n) is 1.83. The van der Waals surface area contributed by atoms with Gasteiger partial charge in [0.25, 0.3) is 0 Å². The van der Waals surface area contributed by atoms with Crippen LogP contribution in [0, 0.1) is 11.3 Å². The quantitative estimate of drug-likeness (QED) is 0.782. The number of benzene rings is 2. The molecular formula is C16H15NO2S. The average Bonchev–Trinajstić information content (AvgIpc) is 2.52. The molecule has 102 valence electrons. The fourth-order valence-corrected chi connectivity index (χ4v) is 2.80. The molecule has 2 rings (SSSR count). The largest absolute Gasteiger partial charge is 0.496 e. The minimum Gasteiger partial charge on any atom is -0.496 e. The van der Waals surface area contributed by atoms with Crippen molar-refractivity contribution in [3.63, 3.8) is 0 Å². The molecule has 0 aliphatic rings. The van der Waals surface area contributed by atoms with Crippen LogP contribution in [0.15, 0.2) is 47.4 Å². The third-order valence-corrected chi connectivity index (χ3v) is 3.97. The first-order chi connectivity index (χ1) is 9.78. The van der Waals surface area contributed by atoms with Crippen LogP contribution in [-0.4, -0.2) is 14.2 Å². The third-order valence-electron chi connectivity index (χ3n) is 2.85. The van der Waals surface area contributed by atoms with Crippen molar-refractivity contribution in [2.45, 2.75) is 10.6 Å². The molecule has 0 aromatic heterocycles. The Morgan fingerprint density at radius 1 is 1.05 bits per heavy atom. The molecule has 2 aromatic carbocycles. The highest BCUT2D eigenvalue weighted by Crippen LogP contribution is 2.32. The monoisotopic (exact) mass is 285 g/mol. The second-order valence-electron chi connectivity index (χ2n) is 4.09. The Bertz CT molecular complexity index is 635. The molecule has 0 aliphatic carbocycles. The predicted molar refractivity (Wildman–Crippen MR) is 80.3 cm³/mol. The minimum absolute atomic E-state index is 0.561. The summed E-state index contributed by atoms with van der Waals surface area (Å²) in [6.45, 7) is 0. The van der Waals surface area contributed by atoms with Gasteiger partial charge in [-0.1, -0.05) is 18.2 Å². The van der Waals surface area contributed by atoms with Crippen LogP contribution >= 0.6 is 11.8 Å². The Balaban J connectivity index is 2.13. The normalized spacial score (nSPS) is 9.85. The molecule has 0 bridgehead atoms. The molecule has 0 N–H and O–H groups in total. The van der Waals surface area contributed by atoms with E-state index >= 15 is 0 Å². The standard InChI is InChI=1S/C16H15NO2S/c1-18-14-8-7-12(9-13(14)10-17)11-20-16-6-4-3-5-15(16)19-2/h3-9H,11H2,1-2H3. The molecule has 0 unspecified atom stereocenters. The lowest BCUT2D eigenvalue weighted by Gasteiger charge is -2.08. The molecule has 0 atom stereocenters. The summed E-state index contributed by atoms with van der Waals surface area (Å²) in [6.07, 6.45) is 0.